The van der Waals surface area contributed by atoms with Crippen molar-refractivity contribution >= 4 is 23.8 Å². The smallest absolute Gasteiger partial charge is 0.325 e. The second-order valence-corrected chi connectivity index (χ2v) is 9.87. The highest BCUT2D eigenvalue weighted by Crippen LogP contribution is 2.53. The Bertz CT molecular complexity index is 1440. The maximum atomic E-state index is 13.9. The highest BCUT2D eigenvalue weighted by Gasteiger charge is 2.69. The largest absolute Gasteiger partial charge is 0.493 e. The van der Waals surface area contributed by atoms with Crippen LogP contribution in [0, 0.1) is 11.8 Å². The number of imide groups is 1. The van der Waals surface area contributed by atoms with Crippen molar-refractivity contribution in [2.75, 3.05) is 7.11 Å². The molecule has 2 saturated heterocycles. The van der Waals surface area contributed by atoms with Gasteiger partial charge in [0.1, 0.15) is 12.1 Å². The summed E-state index contributed by atoms with van der Waals surface area (Å²) in [6.45, 7) is 0.0949. The minimum absolute atomic E-state index is 0.0591. The van der Waals surface area contributed by atoms with Gasteiger partial charge in [0.2, 0.25) is 11.8 Å². The summed E-state index contributed by atoms with van der Waals surface area (Å²) in [7, 11) is 1.46. The van der Waals surface area contributed by atoms with Gasteiger partial charge in [0.05, 0.1) is 31.9 Å². The monoisotopic (exact) mass is 544 g/mol. The lowest BCUT2D eigenvalue weighted by atomic mass is 9.77. The topological polar surface area (TPSA) is 142 Å². The predicted octanol–water partition coefficient (Wildman–Crippen LogP) is 3.02. The van der Waals surface area contributed by atoms with E-state index in [0.717, 1.165) is 10.5 Å². The standard InChI is InChI=1S/C30H28N2O8/c1-39-21-14-8-13-20(26(21)40-17-19-11-6-3-7-12-19)25-23-24(30(31-25,29(37)38)15-22(33)34)28(36)32(27(23)35)16-18-9-4-2-5-10-18/h2-14,23-25,31H,15-17H2,1H3,(H,33,34)(H,37,38). The predicted molar refractivity (Wildman–Crippen MR) is 141 cm³/mol. The van der Waals surface area contributed by atoms with Gasteiger partial charge in [-0.3, -0.25) is 29.4 Å². The van der Waals surface area contributed by atoms with Gasteiger partial charge in [-0.2, -0.15) is 0 Å². The van der Waals surface area contributed by atoms with Gasteiger partial charge in [-0.25, -0.2) is 0 Å². The van der Waals surface area contributed by atoms with Gasteiger partial charge in [0.15, 0.2) is 11.5 Å². The number of para-hydroxylation sites is 1. The van der Waals surface area contributed by atoms with Crippen LogP contribution >= 0.6 is 0 Å². The van der Waals surface area contributed by atoms with Gasteiger partial charge in [-0.05, 0) is 17.2 Å². The van der Waals surface area contributed by atoms with Gasteiger partial charge < -0.3 is 19.7 Å². The van der Waals surface area contributed by atoms with E-state index in [2.05, 4.69) is 5.32 Å². The zero-order valence-corrected chi connectivity index (χ0v) is 21.7. The molecule has 0 aromatic heterocycles. The molecular weight excluding hydrogens is 516 g/mol. The third-order valence-corrected chi connectivity index (χ3v) is 7.53. The number of aliphatic carboxylic acids is 2. The van der Waals surface area contributed by atoms with E-state index < -0.39 is 53.6 Å². The van der Waals surface area contributed by atoms with Crippen molar-refractivity contribution in [1.82, 2.24) is 10.2 Å². The fraction of sp³-hybridized carbons (Fsp3) is 0.267. The summed E-state index contributed by atoms with van der Waals surface area (Å²) in [5, 5.41) is 23.0. The van der Waals surface area contributed by atoms with E-state index in [1.807, 2.05) is 30.3 Å². The molecule has 0 spiro atoms. The summed E-state index contributed by atoms with van der Waals surface area (Å²) < 4.78 is 11.7. The number of carbonyl (C=O) groups excluding carboxylic acids is 2. The van der Waals surface area contributed by atoms with Crippen LogP contribution in [0.5, 0.6) is 11.5 Å². The van der Waals surface area contributed by atoms with E-state index in [1.54, 1.807) is 48.5 Å². The summed E-state index contributed by atoms with van der Waals surface area (Å²) in [6.07, 6.45) is -0.900. The molecule has 0 radical (unpaired) electrons. The van der Waals surface area contributed by atoms with E-state index in [4.69, 9.17) is 9.47 Å². The zero-order valence-electron chi connectivity index (χ0n) is 21.7. The van der Waals surface area contributed by atoms with Crippen molar-refractivity contribution in [3.05, 3.63) is 95.6 Å². The van der Waals surface area contributed by atoms with E-state index in [9.17, 15) is 29.4 Å². The average molecular weight is 545 g/mol. The number of nitrogens with zero attached hydrogens (tertiary/aromatic N) is 1. The Morgan fingerprint density at radius 2 is 1.55 bits per heavy atom. The molecule has 3 aromatic rings. The molecule has 40 heavy (non-hydrogen) atoms. The minimum Gasteiger partial charge on any atom is -0.493 e. The lowest BCUT2D eigenvalue weighted by molar-refractivity contribution is -0.156. The molecule has 0 bridgehead atoms. The average Bonchev–Trinajstić information content (AvgIpc) is 3.42. The molecule has 10 heteroatoms. The van der Waals surface area contributed by atoms with Crippen LogP contribution in [-0.4, -0.2) is 51.5 Å². The van der Waals surface area contributed by atoms with Crippen molar-refractivity contribution in [1.29, 1.82) is 0 Å². The SMILES string of the molecule is COc1cccc(C2NC(CC(=O)O)(C(=O)O)C3C(=O)N(Cc4ccccc4)C(=O)C23)c1OCc1ccccc1. The number of rotatable bonds is 10. The van der Waals surface area contributed by atoms with E-state index in [1.165, 1.54) is 7.11 Å². The lowest BCUT2D eigenvalue weighted by Gasteiger charge is -2.30. The quantitative estimate of drug-likeness (QED) is 0.328. The van der Waals surface area contributed by atoms with Crippen LogP contribution in [0.4, 0.5) is 0 Å². The first kappa shape index (κ1) is 26.9. The fourth-order valence-corrected chi connectivity index (χ4v) is 5.75. The normalized spacial score (nSPS) is 23.6. The highest BCUT2D eigenvalue weighted by atomic mass is 16.5. The van der Waals surface area contributed by atoms with Crippen molar-refractivity contribution in [2.24, 2.45) is 11.8 Å². The highest BCUT2D eigenvalue weighted by molar-refractivity contribution is 6.10. The molecule has 2 heterocycles. The fourth-order valence-electron chi connectivity index (χ4n) is 5.75. The lowest BCUT2D eigenvalue weighted by Crippen LogP contribution is -2.56. The molecule has 2 aliphatic rings. The zero-order chi connectivity index (χ0) is 28.4. The van der Waals surface area contributed by atoms with Gasteiger partial charge in [0, 0.05) is 11.6 Å². The molecule has 4 atom stereocenters. The molecule has 2 fully saturated rings. The second kappa shape index (κ2) is 10.8. The van der Waals surface area contributed by atoms with Gasteiger partial charge in [0.25, 0.3) is 0 Å². The Kier molecular flexibility index (Phi) is 7.27. The maximum Gasteiger partial charge on any atom is 0.325 e. The molecule has 2 amide bonds. The first-order valence-electron chi connectivity index (χ1n) is 12.7. The molecule has 2 aliphatic heterocycles. The van der Waals surface area contributed by atoms with Crippen LogP contribution in [0.25, 0.3) is 0 Å². The molecule has 0 aliphatic carbocycles. The second-order valence-electron chi connectivity index (χ2n) is 9.87. The number of likely N-dealkylation sites (tertiary alicyclic amines) is 1. The molecular formula is C30H28N2O8. The molecule has 3 N–H and O–H groups in total. The minimum atomic E-state index is -2.22. The summed E-state index contributed by atoms with van der Waals surface area (Å²) in [6, 6.07) is 22.1. The number of carboxylic acids is 2. The van der Waals surface area contributed by atoms with E-state index >= 15 is 0 Å². The van der Waals surface area contributed by atoms with Gasteiger partial charge in [-0.15, -0.1) is 0 Å². The first-order valence-corrected chi connectivity index (χ1v) is 12.7. The molecule has 3 aromatic carbocycles. The summed E-state index contributed by atoms with van der Waals surface area (Å²) >= 11 is 0. The Hall–Kier alpha value is -4.70. The third kappa shape index (κ3) is 4.66. The van der Waals surface area contributed by atoms with Crippen molar-refractivity contribution in [3.8, 4) is 11.5 Å². The number of amides is 2. The Morgan fingerprint density at radius 1 is 0.900 bits per heavy atom. The number of hydrogen-bond acceptors (Lipinski definition) is 7. The number of carboxylic acid groups (broad SMARTS) is 2. The molecule has 206 valence electrons. The number of hydrogen-bond donors (Lipinski definition) is 3. The third-order valence-electron chi connectivity index (χ3n) is 7.53. The Labute approximate surface area is 230 Å². The van der Waals surface area contributed by atoms with Crippen molar-refractivity contribution in [2.45, 2.75) is 31.2 Å². The number of carbonyl (C=O) groups is 4. The van der Waals surface area contributed by atoms with Crippen LogP contribution in [0.1, 0.15) is 29.2 Å². The first-order chi connectivity index (χ1) is 19.3. The van der Waals surface area contributed by atoms with E-state index in [0.29, 0.717) is 16.9 Å². The number of nitrogens with one attached hydrogen (secondary N) is 1. The number of benzene rings is 3. The number of methoxy groups -OCH3 is 1. The van der Waals surface area contributed by atoms with Gasteiger partial charge >= 0.3 is 11.9 Å². The van der Waals surface area contributed by atoms with Crippen molar-refractivity contribution < 1.29 is 38.9 Å². The van der Waals surface area contributed by atoms with Crippen LogP contribution in [0.3, 0.4) is 0 Å². The number of ether oxygens (including phenoxy) is 2. The van der Waals surface area contributed by atoms with Crippen LogP contribution < -0.4 is 14.8 Å². The van der Waals surface area contributed by atoms with E-state index in [-0.39, 0.29) is 18.9 Å². The van der Waals surface area contributed by atoms with Crippen LogP contribution in [0.15, 0.2) is 78.9 Å². The summed E-state index contributed by atoms with van der Waals surface area (Å²) in [4.78, 5) is 53.3. The molecule has 10 nitrogen and oxygen atoms in total. The molecule has 4 unspecified atom stereocenters. The van der Waals surface area contributed by atoms with Crippen molar-refractivity contribution in [3.63, 3.8) is 0 Å². The van der Waals surface area contributed by atoms with Crippen LogP contribution in [-0.2, 0) is 32.3 Å². The Balaban J connectivity index is 1.60. The molecule has 0 saturated carbocycles. The van der Waals surface area contributed by atoms with Crippen LogP contribution in [0.2, 0.25) is 0 Å². The maximum absolute atomic E-state index is 13.9. The molecule has 5 rings (SSSR count). The van der Waals surface area contributed by atoms with Gasteiger partial charge in [-0.1, -0.05) is 72.8 Å². The summed E-state index contributed by atoms with van der Waals surface area (Å²) in [5.41, 5.74) is -0.287. The number of fused-ring (bicyclic) bond motifs is 1. The summed E-state index contributed by atoms with van der Waals surface area (Å²) in [5.74, 6) is -6.27. The Morgan fingerprint density at radius 3 is 2.15 bits per heavy atom.